The van der Waals surface area contributed by atoms with Crippen molar-refractivity contribution in [2.24, 2.45) is 4.99 Å². The van der Waals surface area contributed by atoms with Crippen LogP contribution in [0.1, 0.15) is 12.0 Å². The van der Waals surface area contributed by atoms with Gasteiger partial charge in [0.1, 0.15) is 5.25 Å². The van der Waals surface area contributed by atoms with E-state index in [1.54, 1.807) is 17.2 Å². The van der Waals surface area contributed by atoms with Crippen molar-refractivity contribution < 1.29 is 9.59 Å². The topological polar surface area (TPSA) is 74.7 Å². The number of thiazole rings is 1. The smallest absolute Gasteiger partial charge is 0.242 e. The lowest BCUT2D eigenvalue weighted by Crippen LogP contribution is -2.33. The molecule has 0 aliphatic carbocycles. The summed E-state index contributed by atoms with van der Waals surface area (Å²) in [6.45, 7) is 6.02. The Balaban J connectivity index is 1.69. The fourth-order valence-electron chi connectivity index (χ4n) is 2.39. The Labute approximate surface area is 160 Å². The van der Waals surface area contributed by atoms with Crippen LogP contribution in [0.15, 0.2) is 53.5 Å². The maximum atomic E-state index is 12.6. The number of hydrogen-bond acceptors (Lipinski definition) is 6. The van der Waals surface area contributed by atoms with Crippen molar-refractivity contribution in [1.29, 1.82) is 0 Å². The number of carbonyl (C=O) groups excluding carboxylic acids is 2. The number of nitrogens with zero attached hydrogens (tertiary/aromatic N) is 3. The van der Waals surface area contributed by atoms with Crippen LogP contribution in [0.2, 0.25) is 0 Å². The van der Waals surface area contributed by atoms with Crippen molar-refractivity contribution in [2.75, 3.05) is 11.9 Å². The van der Waals surface area contributed by atoms with Crippen LogP contribution in [-0.2, 0) is 9.59 Å². The molecule has 1 fully saturated rings. The fourth-order valence-corrected chi connectivity index (χ4v) is 4.10. The van der Waals surface area contributed by atoms with Crippen LogP contribution in [0.4, 0.5) is 10.8 Å². The number of thioether (sulfide) groups is 1. The van der Waals surface area contributed by atoms with E-state index in [1.807, 2.05) is 36.6 Å². The van der Waals surface area contributed by atoms with E-state index in [1.165, 1.54) is 23.1 Å². The number of anilines is 1. The molecule has 3 rings (SSSR count). The average Bonchev–Trinajstić information content (AvgIpc) is 3.22. The third kappa shape index (κ3) is 4.39. The molecule has 26 heavy (non-hydrogen) atoms. The van der Waals surface area contributed by atoms with Crippen LogP contribution in [0.25, 0.3) is 0 Å². The minimum atomic E-state index is -0.501. The number of nitrogens with one attached hydrogen (secondary N) is 1. The van der Waals surface area contributed by atoms with E-state index in [2.05, 4.69) is 21.9 Å². The van der Waals surface area contributed by atoms with Gasteiger partial charge < -0.3 is 5.32 Å². The Morgan fingerprint density at radius 2 is 2.19 bits per heavy atom. The predicted molar refractivity (Wildman–Crippen MR) is 107 cm³/mol. The summed E-state index contributed by atoms with van der Waals surface area (Å²) in [7, 11) is 0. The zero-order valence-electron chi connectivity index (χ0n) is 14.2. The van der Waals surface area contributed by atoms with Crippen LogP contribution >= 0.6 is 23.1 Å². The van der Waals surface area contributed by atoms with Gasteiger partial charge in [0, 0.05) is 30.2 Å². The highest BCUT2D eigenvalue weighted by atomic mass is 32.2. The van der Waals surface area contributed by atoms with E-state index in [0.29, 0.717) is 16.8 Å². The fraction of sp³-hybridized carbons (Fsp3) is 0.222. The third-order valence-corrected chi connectivity index (χ3v) is 5.49. The number of aliphatic imine (C=N–C) groups is 1. The third-order valence-electron chi connectivity index (χ3n) is 3.65. The summed E-state index contributed by atoms with van der Waals surface area (Å²) in [6.07, 6.45) is 3.39. The van der Waals surface area contributed by atoms with E-state index in [-0.39, 0.29) is 18.2 Å². The number of aryl methyl sites for hydroxylation is 1. The Hall–Kier alpha value is -2.45. The Kier molecular flexibility index (Phi) is 5.85. The van der Waals surface area contributed by atoms with Gasteiger partial charge in [-0.15, -0.1) is 17.9 Å². The molecule has 0 spiro atoms. The van der Waals surface area contributed by atoms with Gasteiger partial charge in [-0.3, -0.25) is 14.5 Å². The molecule has 0 bridgehead atoms. The largest absolute Gasteiger partial charge is 0.326 e. The highest BCUT2D eigenvalue weighted by molar-refractivity contribution is 8.15. The summed E-state index contributed by atoms with van der Waals surface area (Å²) in [5.41, 5.74) is 1.84. The molecule has 6 nitrogen and oxygen atoms in total. The number of carbonyl (C=O) groups is 2. The quantitative estimate of drug-likeness (QED) is 0.770. The maximum Gasteiger partial charge on any atom is 0.242 e. The molecular weight excluding hydrogens is 368 g/mol. The molecule has 1 saturated heterocycles. The number of amides is 2. The first-order chi connectivity index (χ1) is 12.6. The summed E-state index contributed by atoms with van der Waals surface area (Å²) in [4.78, 5) is 35.1. The van der Waals surface area contributed by atoms with Crippen LogP contribution in [0, 0.1) is 6.92 Å². The van der Waals surface area contributed by atoms with E-state index in [0.717, 1.165) is 11.3 Å². The lowest BCUT2D eigenvalue weighted by molar-refractivity contribution is -0.127. The number of aromatic nitrogens is 1. The monoisotopic (exact) mass is 386 g/mol. The molecule has 1 atom stereocenters. The van der Waals surface area contributed by atoms with Crippen molar-refractivity contribution in [2.45, 2.75) is 18.6 Å². The molecule has 1 aliphatic heterocycles. The summed E-state index contributed by atoms with van der Waals surface area (Å²) in [5, 5.41) is 5.29. The standard InChI is InChI=1S/C18H18N4O2S2/c1-3-9-22-16(24)14(26-18(22)21-17-19-8-10-25-17)11-15(23)20-13-6-4-12(2)5-7-13/h3-8,10,14H,1,9,11H2,2H3,(H,20,23)/t14-/m0/s1. The van der Waals surface area contributed by atoms with Crippen molar-refractivity contribution in [3.8, 4) is 0 Å². The maximum absolute atomic E-state index is 12.6. The zero-order valence-corrected chi connectivity index (χ0v) is 15.8. The lowest BCUT2D eigenvalue weighted by Gasteiger charge is -2.13. The molecule has 2 amide bonds. The van der Waals surface area contributed by atoms with Gasteiger partial charge in [-0.1, -0.05) is 35.5 Å². The molecule has 1 aliphatic rings. The number of benzene rings is 1. The highest BCUT2D eigenvalue weighted by Gasteiger charge is 2.38. The molecule has 2 aromatic rings. The summed E-state index contributed by atoms with van der Waals surface area (Å²) < 4.78 is 0. The molecule has 1 aromatic carbocycles. The first-order valence-corrected chi connectivity index (χ1v) is 9.76. The summed E-state index contributed by atoms with van der Waals surface area (Å²) >= 11 is 2.68. The second-order valence-corrected chi connectivity index (χ2v) is 7.71. The SMILES string of the molecule is C=CCN1C(=O)[C@H](CC(=O)Nc2ccc(C)cc2)SC1=Nc1nccs1. The van der Waals surface area contributed by atoms with E-state index in [4.69, 9.17) is 0 Å². The van der Waals surface area contributed by atoms with Gasteiger partial charge in [-0.25, -0.2) is 4.98 Å². The van der Waals surface area contributed by atoms with E-state index < -0.39 is 5.25 Å². The van der Waals surface area contributed by atoms with Gasteiger partial charge in [-0.2, -0.15) is 4.99 Å². The first kappa shape index (κ1) is 18.3. The first-order valence-electron chi connectivity index (χ1n) is 8.00. The van der Waals surface area contributed by atoms with Crippen molar-refractivity contribution in [1.82, 2.24) is 9.88 Å². The van der Waals surface area contributed by atoms with Gasteiger partial charge in [0.05, 0.1) is 0 Å². The van der Waals surface area contributed by atoms with Gasteiger partial charge in [0.25, 0.3) is 0 Å². The van der Waals surface area contributed by atoms with Crippen LogP contribution in [0.3, 0.4) is 0 Å². The highest BCUT2D eigenvalue weighted by Crippen LogP contribution is 2.32. The molecule has 1 N–H and O–H groups in total. The van der Waals surface area contributed by atoms with E-state index >= 15 is 0 Å². The molecule has 0 saturated carbocycles. The molecular formula is C18H18N4O2S2. The van der Waals surface area contributed by atoms with Crippen molar-refractivity contribution in [3.05, 3.63) is 54.1 Å². The van der Waals surface area contributed by atoms with Crippen molar-refractivity contribution in [3.63, 3.8) is 0 Å². The Bertz CT molecular complexity index is 831. The van der Waals surface area contributed by atoms with Gasteiger partial charge >= 0.3 is 0 Å². The zero-order chi connectivity index (χ0) is 18.5. The van der Waals surface area contributed by atoms with E-state index in [9.17, 15) is 9.59 Å². The minimum absolute atomic E-state index is 0.0852. The van der Waals surface area contributed by atoms with Gasteiger partial charge in [-0.05, 0) is 19.1 Å². The minimum Gasteiger partial charge on any atom is -0.326 e. The summed E-state index contributed by atoms with van der Waals surface area (Å²) in [6, 6.07) is 7.54. The number of amidine groups is 1. The molecule has 0 radical (unpaired) electrons. The average molecular weight is 387 g/mol. The second-order valence-electron chi connectivity index (χ2n) is 5.67. The molecule has 134 valence electrons. The molecule has 2 heterocycles. The molecule has 8 heteroatoms. The molecule has 0 unspecified atom stereocenters. The number of hydrogen-bond donors (Lipinski definition) is 1. The Morgan fingerprint density at radius 1 is 1.42 bits per heavy atom. The second kappa shape index (κ2) is 8.29. The van der Waals surface area contributed by atoms with Crippen molar-refractivity contribution >= 4 is 50.9 Å². The van der Waals surface area contributed by atoms with Gasteiger partial charge in [0.15, 0.2) is 5.17 Å². The predicted octanol–water partition coefficient (Wildman–Crippen LogP) is 3.60. The van der Waals surface area contributed by atoms with Crippen LogP contribution in [-0.4, -0.2) is 38.7 Å². The lowest BCUT2D eigenvalue weighted by atomic mass is 10.2. The Morgan fingerprint density at radius 3 is 2.85 bits per heavy atom. The normalized spacial score (nSPS) is 18.3. The van der Waals surface area contributed by atoms with Crippen LogP contribution < -0.4 is 5.32 Å². The summed E-state index contributed by atoms with van der Waals surface area (Å²) in [5.74, 6) is -0.335. The number of rotatable bonds is 6. The van der Waals surface area contributed by atoms with Crippen LogP contribution in [0.5, 0.6) is 0 Å². The molecule has 1 aromatic heterocycles. The van der Waals surface area contributed by atoms with Gasteiger partial charge in [0.2, 0.25) is 16.9 Å².